The van der Waals surface area contributed by atoms with E-state index in [1.54, 1.807) is 0 Å². The fourth-order valence-corrected chi connectivity index (χ4v) is 2.13. The smallest absolute Gasteiger partial charge is 0.233 e. The maximum Gasteiger partial charge on any atom is 0.233 e. The van der Waals surface area contributed by atoms with Crippen molar-refractivity contribution in [2.75, 3.05) is 25.0 Å². The summed E-state index contributed by atoms with van der Waals surface area (Å²) in [6, 6.07) is 9.67. The lowest BCUT2D eigenvalue weighted by atomic mass is 10.00. The number of para-hydroxylation sites is 1. The van der Waals surface area contributed by atoms with Crippen LogP contribution < -0.4 is 5.32 Å². The predicted octanol–water partition coefficient (Wildman–Crippen LogP) is 1.18. The number of benzene rings is 1. The lowest BCUT2D eigenvalue weighted by Crippen LogP contribution is -2.36. The number of rotatable bonds is 3. The first-order valence-corrected chi connectivity index (χ1v) is 5.70. The molecule has 0 bridgehead atoms. The third kappa shape index (κ3) is 2.14. The van der Waals surface area contributed by atoms with Gasteiger partial charge in [-0.15, -0.1) is 6.42 Å². The van der Waals surface area contributed by atoms with Crippen molar-refractivity contribution in [3.8, 4) is 18.4 Å². The van der Waals surface area contributed by atoms with Gasteiger partial charge >= 0.3 is 0 Å². The highest BCUT2D eigenvalue weighted by Crippen LogP contribution is 2.32. The number of nitrogens with one attached hydrogen (secondary N) is 1. The molecule has 0 aliphatic carbocycles. The number of hydrogen-bond donors (Lipinski definition) is 1. The number of amides is 1. The van der Waals surface area contributed by atoms with Gasteiger partial charge in [0.2, 0.25) is 5.91 Å². The lowest BCUT2D eigenvalue weighted by Gasteiger charge is -2.20. The summed E-state index contributed by atoms with van der Waals surface area (Å²) in [5, 5.41) is 11.9. The average Bonchev–Trinajstić information content (AvgIpc) is 2.81. The molecule has 1 aromatic rings. The van der Waals surface area contributed by atoms with E-state index in [1.165, 1.54) is 4.90 Å². The lowest BCUT2D eigenvalue weighted by molar-refractivity contribution is -0.131. The Hall–Kier alpha value is -2.46. The van der Waals surface area contributed by atoms with Crippen LogP contribution in [0.15, 0.2) is 24.3 Å². The third-order valence-corrected chi connectivity index (χ3v) is 2.99. The van der Waals surface area contributed by atoms with Gasteiger partial charge in [0, 0.05) is 12.2 Å². The molecule has 1 N–H and O–H groups in total. The van der Waals surface area contributed by atoms with Gasteiger partial charge in [0.1, 0.15) is 6.54 Å². The van der Waals surface area contributed by atoms with Gasteiger partial charge in [0.15, 0.2) is 0 Å². The van der Waals surface area contributed by atoms with E-state index in [-0.39, 0.29) is 24.9 Å². The van der Waals surface area contributed by atoms with E-state index in [0.717, 1.165) is 11.3 Å². The summed E-state index contributed by atoms with van der Waals surface area (Å²) in [7, 11) is 0. The molecule has 4 nitrogen and oxygen atoms in total. The molecule has 1 aliphatic heterocycles. The van der Waals surface area contributed by atoms with Crippen LogP contribution in [-0.2, 0) is 4.79 Å². The molecule has 4 heteroatoms. The summed E-state index contributed by atoms with van der Waals surface area (Å²) in [4.78, 5) is 13.7. The second kappa shape index (κ2) is 5.25. The first-order valence-electron chi connectivity index (χ1n) is 5.70. The highest BCUT2D eigenvalue weighted by Gasteiger charge is 2.31. The van der Waals surface area contributed by atoms with Crippen LogP contribution in [0.3, 0.4) is 0 Å². The van der Waals surface area contributed by atoms with Crippen LogP contribution >= 0.6 is 0 Å². The standard InChI is InChI=1S/C14H13N3O/c1-2-8-17(9-7-15)14(18)12-10-16-13-6-4-3-5-11(12)13/h1,3-6,12,16H,8-10H2. The minimum absolute atomic E-state index is 0.0295. The van der Waals surface area contributed by atoms with Gasteiger partial charge in [0.05, 0.1) is 18.5 Å². The molecule has 1 aromatic carbocycles. The van der Waals surface area contributed by atoms with Crippen LogP contribution in [0.1, 0.15) is 11.5 Å². The fraction of sp³-hybridized carbons (Fsp3) is 0.286. The summed E-state index contributed by atoms with van der Waals surface area (Å²) in [6.45, 7) is 0.761. The van der Waals surface area contributed by atoms with Crippen molar-refractivity contribution in [1.29, 1.82) is 5.26 Å². The highest BCUT2D eigenvalue weighted by atomic mass is 16.2. The minimum Gasteiger partial charge on any atom is -0.384 e. The molecule has 1 heterocycles. The van der Waals surface area contributed by atoms with Gasteiger partial charge in [-0.3, -0.25) is 4.79 Å². The molecule has 0 fully saturated rings. The van der Waals surface area contributed by atoms with E-state index >= 15 is 0 Å². The van der Waals surface area contributed by atoms with Crippen molar-refractivity contribution in [3.63, 3.8) is 0 Å². The number of carbonyl (C=O) groups is 1. The molecule has 2 rings (SSSR count). The molecule has 1 unspecified atom stereocenters. The Kier molecular flexibility index (Phi) is 3.50. The highest BCUT2D eigenvalue weighted by molar-refractivity contribution is 5.88. The molecule has 1 amide bonds. The summed E-state index contributed by atoms with van der Waals surface area (Å²) in [5.41, 5.74) is 1.95. The molecule has 1 atom stereocenters. The predicted molar refractivity (Wildman–Crippen MR) is 68.7 cm³/mol. The van der Waals surface area contributed by atoms with E-state index in [1.807, 2.05) is 30.3 Å². The first kappa shape index (κ1) is 12.0. The van der Waals surface area contributed by atoms with Gasteiger partial charge < -0.3 is 10.2 Å². The van der Waals surface area contributed by atoms with Gasteiger partial charge in [-0.1, -0.05) is 24.1 Å². The van der Waals surface area contributed by atoms with E-state index in [2.05, 4.69) is 11.2 Å². The molecule has 0 aromatic heterocycles. The zero-order chi connectivity index (χ0) is 13.0. The summed E-state index contributed by atoms with van der Waals surface area (Å²) < 4.78 is 0. The van der Waals surface area contributed by atoms with Gasteiger partial charge in [0.25, 0.3) is 0 Å². The number of hydrogen-bond acceptors (Lipinski definition) is 3. The van der Waals surface area contributed by atoms with Crippen molar-refractivity contribution < 1.29 is 4.79 Å². The second-order valence-corrected chi connectivity index (χ2v) is 4.08. The van der Waals surface area contributed by atoms with Crippen LogP contribution in [0, 0.1) is 23.7 Å². The SMILES string of the molecule is C#CCN(CC#N)C(=O)C1CNc2ccccc21. The third-order valence-electron chi connectivity index (χ3n) is 2.99. The van der Waals surface area contributed by atoms with Gasteiger partial charge in [-0.05, 0) is 11.6 Å². The van der Waals surface area contributed by atoms with Crippen LogP contribution in [0.25, 0.3) is 0 Å². The number of carbonyl (C=O) groups excluding carboxylic acids is 1. The maximum atomic E-state index is 12.3. The molecular weight excluding hydrogens is 226 g/mol. The van der Waals surface area contributed by atoms with E-state index in [0.29, 0.717) is 6.54 Å². The van der Waals surface area contributed by atoms with E-state index in [9.17, 15) is 4.79 Å². The quantitative estimate of drug-likeness (QED) is 0.636. The molecular formula is C14H13N3O. The molecule has 0 spiro atoms. The zero-order valence-electron chi connectivity index (χ0n) is 9.89. The average molecular weight is 239 g/mol. The van der Waals surface area contributed by atoms with Crippen molar-refractivity contribution in [2.24, 2.45) is 0 Å². The molecule has 1 aliphatic rings. The van der Waals surface area contributed by atoms with Gasteiger partial charge in [-0.25, -0.2) is 0 Å². The molecule has 0 saturated heterocycles. The number of fused-ring (bicyclic) bond motifs is 1. The first-order chi connectivity index (χ1) is 8.77. The number of anilines is 1. The maximum absolute atomic E-state index is 12.3. The summed E-state index contributed by atoms with van der Waals surface area (Å²) >= 11 is 0. The Morgan fingerprint density at radius 2 is 2.28 bits per heavy atom. The molecule has 90 valence electrons. The topological polar surface area (TPSA) is 56.1 Å². The van der Waals surface area contributed by atoms with Crippen molar-refractivity contribution in [2.45, 2.75) is 5.92 Å². The minimum atomic E-state index is -0.247. The molecule has 0 saturated carbocycles. The zero-order valence-corrected chi connectivity index (χ0v) is 9.89. The van der Waals surface area contributed by atoms with Crippen LogP contribution in [0.2, 0.25) is 0 Å². The number of nitriles is 1. The summed E-state index contributed by atoms with van der Waals surface area (Å²) in [5.74, 6) is 2.08. The van der Waals surface area contributed by atoms with E-state index in [4.69, 9.17) is 11.7 Å². The fourth-order valence-electron chi connectivity index (χ4n) is 2.13. The number of terminal acetylenes is 1. The normalized spacial score (nSPS) is 16.0. The van der Waals surface area contributed by atoms with Crippen LogP contribution in [0.4, 0.5) is 5.69 Å². The van der Waals surface area contributed by atoms with E-state index < -0.39 is 0 Å². The Balaban J connectivity index is 2.21. The Bertz CT molecular complexity index is 523. The van der Waals surface area contributed by atoms with Gasteiger partial charge in [-0.2, -0.15) is 5.26 Å². The van der Waals surface area contributed by atoms with Crippen LogP contribution in [0.5, 0.6) is 0 Å². The molecule has 18 heavy (non-hydrogen) atoms. The van der Waals surface area contributed by atoms with Crippen molar-refractivity contribution in [1.82, 2.24) is 4.90 Å². The Labute approximate surface area is 106 Å². The molecule has 0 radical (unpaired) electrons. The Morgan fingerprint density at radius 1 is 1.50 bits per heavy atom. The summed E-state index contributed by atoms with van der Waals surface area (Å²) in [6.07, 6.45) is 5.22. The number of nitrogens with zero attached hydrogens (tertiary/aromatic N) is 2. The largest absolute Gasteiger partial charge is 0.384 e. The van der Waals surface area contributed by atoms with Crippen LogP contribution in [-0.4, -0.2) is 30.4 Å². The monoisotopic (exact) mass is 239 g/mol. The van der Waals surface area contributed by atoms with Crippen molar-refractivity contribution >= 4 is 11.6 Å². The Morgan fingerprint density at radius 3 is 3.00 bits per heavy atom. The van der Waals surface area contributed by atoms with Crippen molar-refractivity contribution in [3.05, 3.63) is 29.8 Å². The second-order valence-electron chi connectivity index (χ2n) is 4.08.